The van der Waals surface area contributed by atoms with Gasteiger partial charge < -0.3 is 19.5 Å². The minimum absolute atomic E-state index is 0.309. The zero-order chi connectivity index (χ0) is 24.7. The van der Waals surface area contributed by atoms with Gasteiger partial charge in [-0.25, -0.2) is 0 Å². The minimum atomic E-state index is -0.337. The van der Waals surface area contributed by atoms with Gasteiger partial charge in [0.25, 0.3) is 5.91 Å². The highest BCUT2D eigenvalue weighted by Gasteiger charge is 2.15. The molecule has 1 aromatic heterocycles. The highest BCUT2D eigenvalue weighted by molar-refractivity contribution is 6.10. The molecular weight excluding hydrogens is 434 g/mol. The average molecular weight is 466 g/mol. The number of aryl methyl sites for hydroxylation is 2. The molecule has 0 fully saturated rings. The summed E-state index contributed by atoms with van der Waals surface area (Å²) in [5.74, 6) is 1.62. The largest absolute Gasteiger partial charge is 0.495 e. The van der Waals surface area contributed by atoms with E-state index < -0.39 is 0 Å². The Kier molecular flexibility index (Phi) is 8.13. The molecule has 9 nitrogen and oxygen atoms in total. The molecule has 0 unspecified atom stereocenters. The van der Waals surface area contributed by atoms with Gasteiger partial charge in [0.1, 0.15) is 5.75 Å². The van der Waals surface area contributed by atoms with Crippen LogP contribution in [0.25, 0.3) is 0 Å². The number of carbonyl (C=O) groups is 1. The summed E-state index contributed by atoms with van der Waals surface area (Å²) in [6, 6.07) is 12.4. The van der Waals surface area contributed by atoms with E-state index in [4.69, 9.17) is 14.2 Å². The molecule has 1 heterocycles. The predicted molar refractivity (Wildman–Crippen MR) is 132 cm³/mol. The molecule has 2 N–H and O–H groups in total. The molecule has 0 saturated heterocycles. The van der Waals surface area contributed by atoms with E-state index in [2.05, 4.69) is 20.7 Å². The van der Waals surface area contributed by atoms with Crippen molar-refractivity contribution in [1.29, 1.82) is 0 Å². The van der Waals surface area contributed by atoms with Crippen LogP contribution in [0.4, 0.5) is 5.69 Å². The molecule has 0 spiro atoms. The summed E-state index contributed by atoms with van der Waals surface area (Å²) in [6.45, 7) is 4.47. The first kappa shape index (κ1) is 24.6. The van der Waals surface area contributed by atoms with E-state index in [1.165, 1.54) is 7.11 Å². The minimum Gasteiger partial charge on any atom is -0.495 e. The lowest BCUT2D eigenvalue weighted by molar-refractivity contribution is 0.0976. The van der Waals surface area contributed by atoms with E-state index in [1.807, 2.05) is 49.8 Å². The van der Waals surface area contributed by atoms with Crippen LogP contribution in [0.3, 0.4) is 0 Å². The molecule has 3 rings (SSSR count). The summed E-state index contributed by atoms with van der Waals surface area (Å²) in [6.07, 6.45) is 0.689. The van der Waals surface area contributed by atoms with Crippen molar-refractivity contribution in [2.45, 2.75) is 20.3 Å². The van der Waals surface area contributed by atoms with E-state index in [0.717, 1.165) is 17.0 Å². The van der Waals surface area contributed by atoms with Gasteiger partial charge in [0.2, 0.25) is 5.96 Å². The molecule has 0 aliphatic carbocycles. The van der Waals surface area contributed by atoms with Gasteiger partial charge >= 0.3 is 0 Å². The summed E-state index contributed by atoms with van der Waals surface area (Å²) < 4.78 is 17.9. The molecule has 34 heavy (non-hydrogen) atoms. The Bertz CT molecular complexity index is 1190. The lowest BCUT2D eigenvalue weighted by Gasteiger charge is -2.15. The topological polar surface area (TPSA) is 99.0 Å². The van der Waals surface area contributed by atoms with Gasteiger partial charge in [-0.15, -0.1) is 0 Å². The predicted octanol–water partition coefficient (Wildman–Crippen LogP) is 3.50. The van der Waals surface area contributed by atoms with Crippen molar-refractivity contribution in [2.24, 2.45) is 12.0 Å². The zero-order valence-electron chi connectivity index (χ0n) is 20.4. The van der Waals surface area contributed by atoms with Crippen molar-refractivity contribution in [3.8, 4) is 17.2 Å². The number of hydrogen-bond acceptors (Lipinski definition) is 6. The SMILES string of the molecule is COc1ccccc1NC(=NCCc1c(C)nn(C)c1C)NC(=O)c1ccc(OC)c(OC)c1. The number of methoxy groups -OCH3 is 3. The maximum absolute atomic E-state index is 13.0. The number of hydrogen-bond donors (Lipinski definition) is 2. The maximum atomic E-state index is 13.0. The third-order valence-electron chi connectivity index (χ3n) is 5.53. The number of benzene rings is 2. The Morgan fingerprint density at radius 1 is 1.00 bits per heavy atom. The van der Waals surface area contributed by atoms with Crippen LogP contribution in [-0.2, 0) is 13.5 Å². The summed E-state index contributed by atoms with van der Waals surface area (Å²) in [7, 11) is 6.59. The van der Waals surface area contributed by atoms with E-state index in [-0.39, 0.29) is 5.91 Å². The Morgan fingerprint density at radius 3 is 2.35 bits per heavy atom. The fraction of sp³-hybridized carbons (Fsp3) is 0.320. The van der Waals surface area contributed by atoms with Crippen LogP contribution < -0.4 is 24.8 Å². The van der Waals surface area contributed by atoms with Crippen LogP contribution >= 0.6 is 0 Å². The van der Waals surface area contributed by atoms with Gasteiger partial charge in [-0.3, -0.25) is 19.8 Å². The van der Waals surface area contributed by atoms with Gasteiger partial charge in [0, 0.05) is 24.8 Å². The van der Waals surface area contributed by atoms with Crippen LogP contribution in [-0.4, -0.2) is 49.5 Å². The highest BCUT2D eigenvalue weighted by atomic mass is 16.5. The fourth-order valence-corrected chi connectivity index (χ4v) is 3.60. The molecule has 3 aromatic rings. The van der Waals surface area contributed by atoms with Crippen molar-refractivity contribution >= 4 is 17.6 Å². The number of para-hydroxylation sites is 2. The van der Waals surface area contributed by atoms with Crippen molar-refractivity contribution in [3.63, 3.8) is 0 Å². The maximum Gasteiger partial charge on any atom is 0.258 e. The van der Waals surface area contributed by atoms with Crippen LogP contribution in [0.5, 0.6) is 17.2 Å². The highest BCUT2D eigenvalue weighted by Crippen LogP contribution is 2.27. The van der Waals surface area contributed by atoms with Gasteiger partial charge in [0.15, 0.2) is 11.5 Å². The van der Waals surface area contributed by atoms with E-state index >= 15 is 0 Å². The van der Waals surface area contributed by atoms with Gasteiger partial charge in [-0.2, -0.15) is 5.10 Å². The molecule has 0 saturated carbocycles. The fourth-order valence-electron chi connectivity index (χ4n) is 3.60. The van der Waals surface area contributed by atoms with Crippen LogP contribution in [0.1, 0.15) is 27.3 Å². The number of rotatable bonds is 8. The van der Waals surface area contributed by atoms with Gasteiger partial charge in [-0.1, -0.05) is 12.1 Å². The third-order valence-corrected chi connectivity index (χ3v) is 5.53. The molecule has 180 valence electrons. The Balaban J connectivity index is 1.84. The molecule has 0 radical (unpaired) electrons. The molecule has 0 aliphatic rings. The quantitative estimate of drug-likeness (QED) is 0.390. The van der Waals surface area contributed by atoms with Crippen molar-refractivity contribution < 1.29 is 19.0 Å². The number of carbonyl (C=O) groups excluding carboxylic acids is 1. The van der Waals surface area contributed by atoms with Gasteiger partial charge in [0.05, 0.1) is 32.7 Å². The molecule has 2 aromatic carbocycles. The van der Waals surface area contributed by atoms with Crippen LogP contribution in [0.15, 0.2) is 47.5 Å². The number of guanidine groups is 1. The Labute approximate surface area is 199 Å². The molecule has 0 bridgehead atoms. The molecule has 1 amide bonds. The number of amides is 1. The van der Waals surface area contributed by atoms with E-state index in [9.17, 15) is 4.79 Å². The number of anilines is 1. The monoisotopic (exact) mass is 465 g/mol. The number of ether oxygens (including phenoxy) is 3. The molecule has 0 aliphatic heterocycles. The number of aromatic nitrogens is 2. The molecule has 9 heteroatoms. The lowest BCUT2D eigenvalue weighted by atomic mass is 10.1. The normalized spacial score (nSPS) is 11.2. The smallest absolute Gasteiger partial charge is 0.258 e. The second kappa shape index (κ2) is 11.2. The van der Waals surface area contributed by atoms with Crippen LogP contribution in [0.2, 0.25) is 0 Å². The Morgan fingerprint density at radius 2 is 1.71 bits per heavy atom. The first-order valence-corrected chi connectivity index (χ1v) is 10.8. The van der Waals surface area contributed by atoms with Crippen molar-refractivity contribution in [2.75, 3.05) is 33.2 Å². The number of nitrogens with zero attached hydrogens (tertiary/aromatic N) is 3. The first-order chi connectivity index (χ1) is 16.4. The molecular formula is C25H31N5O4. The first-order valence-electron chi connectivity index (χ1n) is 10.8. The number of nitrogens with one attached hydrogen (secondary N) is 2. The van der Waals surface area contributed by atoms with Gasteiger partial charge in [-0.05, 0) is 56.2 Å². The summed E-state index contributed by atoms with van der Waals surface area (Å²) in [5.41, 5.74) is 4.32. The van der Waals surface area contributed by atoms with E-state index in [1.54, 1.807) is 32.4 Å². The van der Waals surface area contributed by atoms with Crippen LogP contribution in [0, 0.1) is 13.8 Å². The summed E-state index contributed by atoms with van der Waals surface area (Å²) in [5, 5.41) is 10.5. The van der Waals surface area contributed by atoms with Crippen molar-refractivity contribution in [3.05, 3.63) is 65.0 Å². The second-order valence-electron chi connectivity index (χ2n) is 7.60. The summed E-state index contributed by atoms with van der Waals surface area (Å²) >= 11 is 0. The third kappa shape index (κ3) is 5.67. The summed E-state index contributed by atoms with van der Waals surface area (Å²) in [4.78, 5) is 17.7. The van der Waals surface area contributed by atoms with Crippen molar-refractivity contribution in [1.82, 2.24) is 15.1 Å². The molecule has 0 atom stereocenters. The zero-order valence-corrected chi connectivity index (χ0v) is 20.4. The second-order valence-corrected chi connectivity index (χ2v) is 7.60. The number of aliphatic imine (C=N–C) groups is 1. The average Bonchev–Trinajstić information content (AvgIpc) is 3.09. The standard InChI is InChI=1S/C25H31N5O4/c1-16-19(17(2)30(3)29-16)13-14-26-25(27-20-9-7-8-10-21(20)32-4)28-24(31)18-11-12-22(33-5)23(15-18)34-6/h7-12,15H,13-14H2,1-6H3,(H2,26,27,28,31). The van der Waals surface area contributed by atoms with E-state index in [0.29, 0.717) is 47.4 Å². The Hall–Kier alpha value is -4.01. The lowest BCUT2D eigenvalue weighted by Crippen LogP contribution is -2.36.